The fourth-order valence-electron chi connectivity index (χ4n) is 4.16. The molecule has 0 bridgehead atoms. The first-order valence-corrected chi connectivity index (χ1v) is 10.3. The van der Waals surface area contributed by atoms with Crippen LogP contribution in [0.1, 0.15) is 72.1 Å². The molecule has 0 spiro atoms. The molecule has 1 saturated heterocycles. The summed E-state index contributed by atoms with van der Waals surface area (Å²) in [7, 11) is 0. The molecule has 0 amide bonds. The Morgan fingerprint density at radius 1 is 1.37 bits per heavy atom. The van der Waals surface area contributed by atoms with E-state index >= 15 is 0 Å². The van der Waals surface area contributed by atoms with E-state index in [2.05, 4.69) is 20.8 Å². The van der Waals surface area contributed by atoms with Gasteiger partial charge in [0.15, 0.2) is 6.17 Å². The van der Waals surface area contributed by atoms with Crippen LogP contribution in [0, 0.1) is 17.3 Å². The molecule has 0 aromatic heterocycles. The van der Waals surface area contributed by atoms with Gasteiger partial charge in [-0.25, -0.2) is 4.39 Å². The van der Waals surface area contributed by atoms with Gasteiger partial charge in [0.25, 0.3) is 0 Å². The summed E-state index contributed by atoms with van der Waals surface area (Å²) in [6, 6.07) is 0. The van der Waals surface area contributed by atoms with E-state index in [9.17, 15) is 14.3 Å². The first kappa shape index (κ1) is 21.9. The van der Waals surface area contributed by atoms with Crippen molar-refractivity contribution < 1.29 is 24.1 Å². The molecule has 0 aromatic carbocycles. The van der Waals surface area contributed by atoms with Gasteiger partial charge in [-0.05, 0) is 49.5 Å². The molecule has 0 aromatic rings. The summed E-state index contributed by atoms with van der Waals surface area (Å²) < 4.78 is 20.7. The van der Waals surface area contributed by atoms with Crippen molar-refractivity contribution in [2.75, 3.05) is 0 Å². The maximum Gasteiger partial charge on any atom is 0.303 e. The van der Waals surface area contributed by atoms with Gasteiger partial charge >= 0.3 is 5.97 Å². The number of hydrogen-bond donors (Lipinski definition) is 2. The van der Waals surface area contributed by atoms with Gasteiger partial charge < -0.3 is 14.9 Å². The topological polar surface area (TPSA) is 66.8 Å². The largest absolute Gasteiger partial charge is 0.492 e. The summed E-state index contributed by atoms with van der Waals surface area (Å²) in [5.41, 5.74) is -0.180. The fraction of sp³-hybridized carbons (Fsp3) is 0.773. The summed E-state index contributed by atoms with van der Waals surface area (Å²) >= 11 is 0. The maximum atomic E-state index is 14.9. The quantitative estimate of drug-likeness (QED) is 0.411. The zero-order valence-corrected chi connectivity index (χ0v) is 16.9. The summed E-state index contributed by atoms with van der Waals surface area (Å²) in [6.45, 7) is 6.29. The number of halogens is 1. The summed E-state index contributed by atoms with van der Waals surface area (Å²) in [4.78, 5) is 10.6. The molecule has 1 unspecified atom stereocenters. The van der Waals surface area contributed by atoms with Crippen molar-refractivity contribution >= 4 is 5.97 Å². The lowest BCUT2D eigenvalue weighted by molar-refractivity contribution is -0.137. The van der Waals surface area contributed by atoms with Crippen LogP contribution in [0.15, 0.2) is 24.0 Å². The number of unbranched alkanes of at least 4 members (excludes halogenated alkanes) is 2. The Hall–Kier alpha value is -1.36. The van der Waals surface area contributed by atoms with E-state index in [4.69, 9.17) is 9.84 Å². The number of aliphatic hydroxyl groups is 1. The lowest BCUT2D eigenvalue weighted by Crippen LogP contribution is -2.28. The molecule has 2 rings (SSSR count). The van der Waals surface area contributed by atoms with Crippen molar-refractivity contribution in [1.82, 2.24) is 0 Å². The van der Waals surface area contributed by atoms with Crippen molar-refractivity contribution in [1.29, 1.82) is 0 Å². The van der Waals surface area contributed by atoms with E-state index in [-0.39, 0.29) is 29.8 Å². The van der Waals surface area contributed by atoms with Crippen molar-refractivity contribution in [3.63, 3.8) is 0 Å². The van der Waals surface area contributed by atoms with Crippen molar-refractivity contribution in [3.05, 3.63) is 24.0 Å². The second-order valence-electron chi connectivity index (χ2n) is 8.69. The minimum absolute atomic E-state index is 0.0755. The van der Waals surface area contributed by atoms with Gasteiger partial charge in [-0.2, -0.15) is 0 Å². The second-order valence-corrected chi connectivity index (χ2v) is 8.69. The fourth-order valence-corrected chi connectivity index (χ4v) is 4.16. The third kappa shape index (κ3) is 5.81. The van der Waals surface area contributed by atoms with Gasteiger partial charge in [-0.1, -0.05) is 45.8 Å². The van der Waals surface area contributed by atoms with Gasteiger partial charge in [0, 0.05) is 12.3 Å². The third-order valence-corrected chi connectivity index (χ3v) is 6.06. The highest BCUT2D eigenvalue weighted by molar-refractivity contribution is 5.66. The Morgan fingerprint density at radius 2 is 2.11 bits per heavy atom. The number of alkyl halides is 1. The predicted octanol–water partition coefficient (Wildman–Crippen LogP) is 5.02. The van der Waals surface area contributed by atoms with Gasteiger partial charge in [-0.3, -0.25) is 4.79 Å². The van der Waals surface area contributed by atoms with Crippen LogP contribution < -0.4 is 0 Å². The average Bonchev–Trinajstić information content (AvgIpc) is 3.15. The number of fused-ring (bicyclic) bond motifs is 1. The molecule has 5 heteroatoms. The number of rotatable bonds is 10. The van der Waals surface area contributed by atoms with Crippen LogP contribution in [0.25, 0.3) is 0 Å². The third-order valence-electron chi connectivity index (χ3n) is 6.06. The number of ether oxygens (including phenoxy) is 1. The van der Waals surface area contributed by atoms with Crippen LogP contribution in [-0.4, -0.2) is 34.6 Å². The molecule has 27 heavy (non-hydrogen) atoms. The smallest absolute Gasteiger partial charge is 0.303 e. The van der Waals surface area contributed by atoms with Gasteiger partial charge in [-0.15, -0.1) is 0 Å². The Balaban J connectivity index is 1.93. The van der Waals surface area contributed by atoms with Crippen LogP contribution in [0.4, 0.5) is 4.39 Å². The maximum absolute atomic E-state index is 14.9. The van der Waals surface area contributed by atoms with E-state index in [0.29, 0.717) is 18.6 Å². The molecule has 0 radical (unpaired) electrons. The molecule has 5 atom stereocenters. The normalized spacial score (nSPS) is 30.6. The van der Waals surface area contributed by atoms with Crippen LogP contribution in [-0.2, 0) is 9.53 Å². The first-order valence-electron chi connectivity index (χ1n) is 10.3. The second kappa shape index (κ2) is 9.72. The number of hydrogen-bond acceptors (Lipinski definition) is 3. The monoisotopic (exact) mass is 382 g/mol. The molecule has 1 heterocycles. The van der Waals surface area contributed by atoms with Crippen molar-refractivity contribution in [3.8, 4) is 0 Å². The molecule has 2 N–H and O–H groups in total. The first-order chi connectivity index (χ1) is 12.8. The number of carboxylic acids is 1. The summed E-state index contributed by atoms with van der Waals surface area (Å²) in [5.74, 6) is -0.582. The minimum atomic E-state index is -1.14. The van der Waals surface area contributed by atoms with Crippen LogP contribution in [0.3, 0.4) is 0 Å². The highest BCUT2D eigenvalue weighted by Crippen LogP contribution is 2.47. The lowest BCUT2D eigenvalue weighted by Gasteiger charge is -2.29. The number of aliphatic hydroxyl groups excluding tert-OH is 1. The Morgan fingerprint density at radius 3 is 2.78 bits per heavy atom. The molecule has 1 aliphatic heterocycles. The van der Waals surface area contributed by atoms with E-state index < -0.39 is 18.2 Å². The Kier molecular flexibility index (Phi) is 7.90. The van der Waals surface area contributed by atoms with Crippen LogP contribution in [0.5, 0.6) is 0 Å². The molecule has 154 valence electrons. The van der Waals surface area contributed by atoms with Crippen molar-refractivity contribution in [2.24, 2.45) is 17.3 Å². The molecular weight excluding hydrogens is 347 g/mol. The van der Waals surface area contributed by atoms with E-state index in [1.165, 1.54) is 0 Å². The van der Waals surface area contributed by atoms with Crippen LogP contribution in [0.2, 0.25) is 0 Å². The van der Waals surface area contributed by atoms with E-state index in [1.807, 2.05) is 12.2 Å². The number of carbonyl (C=O) groups is 1. The summed E-state index contributed by atoms with van der Waals surface area (Å²) in [5, 5.41) is 19.2. The zero-order chi connectivity index (χ0) is 20.0. The number of allylic oxidation sites excluding steroid dienone is 3. The lowest BCUT2D eigenvalue weighted by atomic mass is 9.80. The Labute approximate surface area is 162 Å². The molecule has 4 nitrogen and oxygen atoms in total. The molecule has 1 aliphatic carbocycles. The SMILES string of the molecule is CCCCC(C)(C)[C@H](O)/C=C/[C@H]1CC[C@H]2O/C(=C\CCCC(=O)O)C(F)[C@H]12. The van der Waals surface area contributed by atoms with E-state index in [1.54, 1.807) is 6.08 Å². The number of carboxylic acid groups (broad SMARTS) is 1. The van der Waals surface area contributed by atoms with Crippen molar-refractivity contribution in [2.45, 2.75) is 90.5 Å². The molecule has 1 saturated carbocycles. The average molecular weight is 383 g/mol. The molecule has 2 fully saturated rings. The van der Waals surface area contributed by atoms with Gasteiger partial charge in [0.2, 0.25) is 0 Å². The number of aliphatic carboxylic acids is 1. The predicted molar refractivity (Wildman–Crippen MR) is 104 cm³/mol. The highest BCUT2D eigenvalue weighted by Gasteiger charge is 2.49. The van der Waals surface area contributed by atoms with Gasteiger partial charge in [0.05, 0.1) is 6.10 Å². The van der Waals surface area contributed by atoms with E-state index in [0.717, 1.165) is 32.1 Å². The standard InChI is InChI=1S/C22H35FO4/c1-4-5-14-22(2,3)18(24)13-11-15-10-12-16-20(15)21(23)17(27-16)8-6-7-9-19(25)26/h8,11,13,15-16,18,20-21,24H,4-7,9-10,12,14H2,1-3H3,(H,25,26)/b13-11+,17-8-/t15-,16-,18-,20-,21?/m1/s1. The van der Waals surface area contributed by atoms with Gasteiger partial charge in [0.1, 0.15) is 11.9 Å². The molecular formula is C22H35FO4. The Bertz CT molecular complexity index is 555. The minimum Gasteiger partial charge on any atom is -0.492 e. The highest BCUT2D eigenvalue weighted by atomic mass is 19.1. The van der Waals surface area contributed by atoms with Crippen LogP contribution >= 0.6 is 0 Å². The zero-order valence-electron chi connectivity index (χ0n) is 16.9. The summed E-state index contributed by atoms with van der Waals surface area (Å²) in [6.07, 6.45) is 9.74. The molecule has 2 aliphatic rings.